The summed E-state index contributed by atoms with van der Waals surface area (Å²) in [5.41, 5.74) is 3.13. The number of ether oxygens (including phenoxy) is 2. The number of carbonyl (C=O) groups is 3. The number of hydrogen-bond donors (Lipinski definition) is 0. The monoisotopic (exact) mass is 597 g/mol. The Kier molecular flexibility index (Phi) is 6.96. The third kappa shape index (κ3) is 4.19. The van der Waals surface area contributed by atoms with E-state index in [4.69, 9.17) is 9.47 Å². The number of hydrogen-bond acceptors (Lipinski definition) is 6. The predicted octanol–water partition coefficient (Wildman–Crippen LogP) is 7.22. The second-order valence-electron chi connectivity index (χ2n) is 12.5. The molecule has 2 aliphatic heterocycles. The maximum absolute atomic E-state index is 15.0. The molecule has 0 radical (unpaired) electrons. The van der Waals surface area contributed by atoms with Crippen molar-refractivity contribution in [1.29, 1.82) is 0 Å². The van der Waals surface area contributed by atoms with Gasteiger partial charge < -0.3 is 14.4 Å². The number of anilines is 1. The lowest BCUT2D eigenvalue weighted by Gasteiger charge is -2.37. The number of carbonyl (C=O) groups excluding carboxylic acids is 3. The van der Waals surface area contributed by atoms with E-state index in [1.165, 1.54) is 0 Å². The van der Waals surface area contributed by atoms with Crippen LogP contribution in [0.4, 0.5) is 5.69 Å². The summed E-state index contributed by atoms with van der Waals surface area (Å²) in [4.78, 5) is 46.9. The summed E-state index contributed by atoms with van der Waals surface area (Å²) in [7, 11) is 3.13. The van der Waals surface area contributed by atoms with E-state index in [-0.39, 0.29) is 17.3 Å². The van der Waals surface area contributed by atoms with Crippen LogP contribution in [0.1, 0.15) is 67.5 Å². The Hall–Kier alpha value is -4.97. The molecule has 45 heavy (non-hydrogen) atoms. The number of benzene rings is 4. The highest BCUT2D eigenvalue weighted by Crippen LogP contribution is 2.62. The molecule has 6 nitrogen and oxygen atoms in total. The highest BCUT2D eigenvalue weighted by atomic mass is 16.5. The van der Waals surface area contributed by atoms with Gasteiger partial charge in [0.1, 0.15) is 23.0 Å². The van der Waals surface area contributed by atoms with E-state index >= 15 is 4.79 Å². The largest absolute Gasteiger partial charge is 0.497 e. The molecule has 2 heterocycles. The third-order valence-corrected chi connectivity index (χ3v) is 9.64. The number of nitrogens with zero attached hydrogens (tertiary/aromatic N) is 1. The van der Waals surface area contributed by atoms with E-state index in [0.29, 0.717) is 39.7 Å². The van der Waals surface area contributed by atoms with Crippen molar-refractivity contribution >= 4 is 29.1 Å². The Balaban J connectivity index is 1.52. The molecule has 0 amide bonds. The van der Waals surface area contributed by atoms with Crippen LogP contribution in [0.5, 0.6) is 11.5 Å². The average Bonchev–Trinajstić information content (AvgIpc) is 3.50. The van der Waals surface area contributed by atoms with Crippen molar-refractivity contribution in [2.24, 2.45) is 11.3 Å². The van der Waals surface area contributed by atoms with Crippen molar-refractivity contribution in [3.05, 3.63) is 130 Å². The lowest BCUT2D eigenvalue weighted by Crippen LogP contribution is -2.48. The van der Waals surface area contributed by atoms with Crippen LogP contribution < -0.4 is 14.4 Å². The first-order valence-corrected chi connectivity index (χ1v) is 15.4. The molecule has 0 unspecified atom stereocenters. The Bertz CT molecular complexity index is 1840. The normalized spacial score (nSPS) is 20.7. The molecular formula is C39H35NO5. The number of rotatable bonds is 7. The molecule has 6 heteroatoms. The lowest BCUT2D eigenvalue weighted by molar-refractivity contribution is 0.0664. The van der Waals surface area contributed by atoms with Crippen molar-refractivity contribution in [3.63, 3.8) is 0 Å². The van der Waals surface area contributed by atoms with E-state index in [2.05, 4.69) is 13.8 Å². The molecule has 226 valence electrons. The number of para-hydroxylation sites is 1. The fourth-order valence-electron chi connectivity index (χ4n) is 7.79. The zero-order chi connectivity index (χ0) is 31.5. The highest BCUT2D eigenvalue weighted by Gasteiger charge is 2.72. The van der Waals surface area contributed by atoms with Gasteiger partial charge in [0.2, 0.25) is 0 Å². The van der Waals surface area contributed by atoms with Gasteiger partial charge in [0.25, 0.3) is 0 Å². The average molecular weight is 598 g/mol. The van der Waals surface area contributed by atoms with Crippen LogP contribution in [-0.4, -0.2) is 43.7 Å². The molecule has 4 aromatic carbocycles. The molecule has 1 saturated heterocycles. The Labute approximate surface area is 263 Å². The number of fused-ring (bicyclic) bond motifs is 5. The van der Waals surface area contributed by atoms with Gasteiger partial charge in [-0.1, -0.05) is 92.7 Å². The molecule has 1 spiro atoms. The van der Waals surface area contributed by atoms with Gasteiger partial charge in [-0.05, 0) is 47.7 Å². The number of Topliss-reactive ketones (excluding diaryl/α,β-unsaturated/α-hetero) is 3. The van der Waals surface area contributed by atoms with Gasteiger partial charge in [-0.3, -0.25) is 14.4 Å². The number of methoxy groups -OCH3 is 2. The molecule has 3 aliphatic rings. The summed E-state index contributed by atoms with van der Waals surface area (Å²) in [6.07, 6.45) is 4.80. The first-order chi connectivity index (χ1) is 21.8. The van der Waals surface area contributed by atoms with Crippen LogP contribution in [0.3, 0.4) is 0 Å². The summed E-state index contributed by atoms with van der Waals surface area (Å²) < 4.78 is 11.5. The zero-order valence-corrected chi connectivity index (χ0v) is 25.8. The van der Waals surface area contributed by atoms with Crippen molar-refractivity contribution in [2.75, 3.05) is 19.1 Å². The fourth-order valence-corrected chi connectivity index (χ4v) is 7.79. The van der Waals surface area contributed by atoms with Crippen LogP contribution in [0.25, 0.3) is 6.08 Å². The molecule has 0 bridgehead atoms. The van der Waals surface area contributed by atoms with E-state index < -0.39 is 23.4 Å². The first-order valence-electron chi connectivity index (χ1n) is 15.4. The van der Waals surface area contributed by atoms with Crippen molar-refractivity contribution in [3.8, 4) is 11.5 Å². The predicted molar refractivity (Wildman–Crippen MR) is 175 cm³/mol. The maximum atomic E-state index is 15.0. The SMILES string of the molecule is COc1ccc(OC)c([C@@H]2[C@@H](C(=O)c3ccc(CC(C)C)cc3)N3c4ccccc4C=C[C@H]3C23C(=O)c2ccccc2C3=O)c1. The van der Waals surface area contributed by atoms with Gasteiger partial charge in [-0.2, -0.15) is 0 Å². The maximum Gasteiger partial charge on any atom is 0.185 e. The topological polar surface area (TPSA) is 72.9 Å². The van der Waals surface area contributed by atoms with Crippen LogP contribution in [0.2, 0.25) is 0 Å². The van der Waals surface area contributed by atoms with Gasteiger partial charge >= 0.3 is 0 Å². The van der Waals surface area contributed by atoms with Crippen LogP contribution >= 0.6 is 0 Å². The van der Waals surface area contributed by atoms with Crippen molar-refractivity contribution in [1.82, 2.24) is 0 Å². The van der Waals surface area contributed by atoms with Gasteiger partial charge in [0.15, 0.2) is 17.3 Å². The second-order valence-corrected chi connectivity index (χ2v) is 12.5. The standard InChI is InChI=1S/C39H35NO5/c1-23(2)21-24-13-15-26(16-14-24)36(41)35-34(30-22-27(44-3)18-19-32(30)45-4)39(37(42)28-10-6-7-11-29(28)38(39)43)33-20-17-25-9-5-8-12-31(25)40(33)35/h5-20,22-23,33-35H,21H2,1-4H3/t33-,34+,35-/m0/s1. The molecule has 0 saturated carbocycles. The smallest absolute Gasteiger partial charge is 0.185 e. The summed E-state index contributed by atoms with van der Waals surface area (Å²) in [6.45, 7) is 4.33. The first kappa shape index (κ1) is 28.8. The summed E-state index contributed by atoms with van der Waals surface area (Å²) in [5, 5.41) is 0. The van der Waals surface area contributed by atoms with Crippen LogP contribution in [0.15, 0.2) is 97.1 Å². The van der Waals surface area contributed by atoms with E-state index in [0.717, 1.165) is 23.2 Å². The summed E-state index contributed by atoms with van der Waals surface area (Å²) in [5.74, 6) is -0.104. The minimum absolute atomic E-state index is 0.162. The Morgan fingerprint density at radius 2 is 1.51 bits per heavy atom. The van der Waals surface area contributed by atoms with Crippen molar-refractivity contribution < 1.29 is 23.9 Å². The van der Waals surface area contributed by atoms with E-state index in [9.17, 15) is 9.59 Å². The molecule has 3 atom stereocenters. The zero-order valence-electron chi connectivity index (χ0n) is 25.8. The van der Waals surface area contributed by atoms with Gasteiger partial charge in [0, 0.05) is 33.9 Å². The molecule has 7 rings (SSSR count). The Morgan fingerprint density at radius 3 is 2.16 bits per heavy atom. The molecular weight excluding hydrogens is 562 g/mol. The molecule has 0 aromatic heterocycles. The third-order valence-electron chi connectivity index (χ3n) is 9.64. The minimum atomic E-state index is -1.62. The van der Waals surface area contributed by atoms with Crippen LogP contribution in [0, 0.1) is 11.3 Å². The van der Waals surface area contributed by atoms with Gasteiger partial charge in [0.05, 0.1) is 20.3 Å². The van der Waals surface area contributed by atoms with Gasteiger partial charge in [-0.15, -0.1) is 0 Å². The minimum Gasteiger partial charge on any atom is -0.497 e. The molecule has 1 aliphatic carbocycles. The lowest BCUT2D eigenvalue weighted by atomic mass is 9.64. The van der Waals surface area contributed by atoms with E-state index in [1.54, 1.807) is 50.6 Å². The van der Waals surface area contributed by atoms with Crippen LogP contribution in [-0.2, 0) is 6.42 Å². The summed E-state index contributed by atoms with van der Waals surface area (Å²) >= 11 is 0. The molecule has 1 fully saturated rings. The van der Waals surface area contributed by atoms with E-state index in [1.807, 2.05) is 71.6 Å². The highest BCUT2D eigenvalue weighted by molar-refractivity contribution is 6.32. The summed E-state index contributed by atoms with van der Waals surface area (Å²) in [6, 6.07) is 26.3. The number of ketones is 3. The van der Waals surface area contributed by atoms with Crippen molar-refractivity contribution in [2.45, 2.75) is 38.3 Å². The quantitative estimate of drug-likeness (QED) is 0.166. The van der Waals surface area contributed by atoms with Gasteiger partial charge in [-0.25, -0.2) is 0 Å². The fraction of sp³-hybridized carbons (Fsp3) is 0.256. The molecule has 4 aromatic rings. The molecule has 0 N–H and O–H groups in total. The Morgan fingerprint density at radius 1 is 0.844 bits per heavy atom. The second kappa shape index (κ2) is 10.9.